The molecule has 1 heterocycles. The molecule has 0 amide bonds. The zero-order valence-electron chi connectivity index (χ0n) is 9.19. The predicted molar refractivity (Wildman–Crippen MR) is 64.1 cm³/mol. The van der Waals surface area contributed by atoms with Crippen LogP contribution >= 0.6 is 11.3 Å². The Morgan fingerprint density at radius 2 is 2.40 bits per heavy atom. The number of thiophene rings is 1. The lowest BCUT2D eigenvalue weighted by Gasteiger charge is -2.23. The van der Waals surface area contributed by atoms with Crippen molar-refractivity contribution in [1.29, 1.82) is 0 Å². The molecule has 0 bridgehead atoms. The van der Waals surface area contributed by atoms with Crippen molar-refractivity contribution in [2.24, 2.45) is 11.7 Å². The maximum Gasteiger partial charge on any atom is 0.0757 e. The quantitative estimate of drug-likeness (QED) is 0.807. The second-order valence-electron chi connectivity index (χ2n) is 4.20. The minimum atomic E-state index is 0.163. The van der Waals surface area contributed by atoms with Gasteiger partial charge in [-0.05, 0) is 43.6 Å². The van der Waals surface area contributed by atoms with E-state index in [2.05, 4.69) is 17.5 Å². The second-order valence-corrected chi connectivity index (χ2v) is 5.24. The van der Waals surface area contributed by atoms with Crippen LogP contribution in [0.25, 0.3) is 0 Å². The lowest BCUT2D eigenvalue weighted by molar-refractivity contribution is 0.0289. The monoisotopic (exact) mass is 225 g/mol. The topological polar surface area (TPSA) is 35.2 Å². The van der Waals surface area contributed by atoms with Gasteiger partial charge in [-0.15, -0.1) is 11.3 Å². The van der Waals surface area contributed by atoms with Crippen molar-refractivity contribution in [3.63, 3.8) is 0 Å². The van der Waals surface area contributed by atoms with Crippen LogP contribution in [0.4, 0.5) is 0 Å². The van der Waals surface area contributed by atoms with Crippen LogP contribution in [0.15, 0.2) is 17.5 Å². The first-order valence-electron chi connectivity index (χ1n) is 5.70. The molecule has 2 rings (SSSR count). The zero-order valence-corrected chi connectivity index (χ0v) is 10.0. The van der Waals surface area contributed by atoms with E-state index in [1.807, 2.05) is 6.92 Å². The zero-order chi connectivity index (χ0) is 10.7. The highest BCUT2D eigenvalue weighted by molar-refractivity contribution is 7.09. The van der Waals surface area contributed by atoms with Gasteiger partial charge in [0.05, 0.1) is 6.10 Å². The van der Waals surface area contributed by atoms with Crippen molar-refractivity contribution in [3.05, 3.63) is 22.4 Å². The van der Waals surface area contributed by atoms with Gasteiger partial charge < -0.3 is 10.5 Å². The number of rotatable bonds is 6. The van der Waals surface area contributed by atoms with Gasteiger partial charge in [0, 0.05) is 17.5 Å². The Morgan fingerprint density at radius 1 is 1.60 bits per heavy atom. The first-order valence-corrected chi connectivity index (χ1v) is 6.58. The van der Waals surface area contributed by atoms with Gasteiger partial charge in [-0.3, -0.25) is 0 Å². The molecule has 84 valence electrons. The van der Waals surface area contributed by atoms with Gasteiger partial charge in [0.2, 0.25) is 0 Å². The molecule has 1 aliphatic carbocycles. The van der Waals surface area contributed by atoms with Crippen LogP contribution in [0.2, 0.25) is 0 Å². The molecule has 1 fully saturated rings. The standard InChI is InChI=1S/C12H19NOS/c1-2-14-12(9-5-6-9)11(13)8-10-4-3-7-15-10/h3-4,7,9,11-12H,2,5-6,8,13H2,1H3. The molecule has 2 atom stereocenters. The summed E-state index contributed by atoms with van der Waals surface area (Å²) in [5, 5.41) is 2.11. The summed E-state index contributed by atoms with van der Waals surface area (Å²) < 4.78 is 5.76. The molecule has 2 unspecified atom stereocenters. The Morgan fingerprint density at radius 3 is 2.93 bits per heavy atom. The molecule has 0 spiro atoms. The van der Waals surface area contributed by atoms with Crippen LogP contribution in [0, 0.1) is 5.92 Å². The minimum absolute atomic E-state index is 0.163. The first kappa shape index (κ1) is 11.1. The molecule has 15 heavy (non-hydrogen) atoms. The molecule has 0 radical (unpaired) electrons. The van der Waals surface area contributed by atoms with Crippen LogP contribution in [0.5, 0.6) is 0 Å². The third kappa shape index (κ3) is 3.03. The Kier molecular flexibility index (Phi) is 3.78. The molecular weight excluding hydrogens is 206 g/mol. The Balaban J connectivity index is 1.89. The van der Waals surface area contributed by atoms with E-state index < -0.39 is 0 Å². The maximum atomic E-state index is 6.22. The van der Waals surface area contributed by atoms with Gasteiger partial charge in [-0.1, -0.05) is 6.07 Å². The number of hydrogen-bond donors (Lipinski definition) is 1. The highest BCUT2D eigenvalue weighted by Crippen LogP contribution is 2.36. The van der Waals surface area contributed by atoms with Crippen LogP contribution in [-0.2, 0) is 11.2 Å². The van der Waals surface area contributed by atoms with Crippen LogP contribution in [0.3, 0.4) is 0 Å². The summed E-state index contributed by atoms with van der Waals surface area (Å²) >= 11 is 1.78. The minimum Gasteiger partial charge on any atom is -0.377 e. The molecule has 2 N–H and O–H groups in total. The predicted octanol–water partition coefficient (Wildman–Crippen LogP) is 2.43. The second kappa shape index (κ2) is 5.10. The highest BCUT2D eigenvalue weighted by atomic mass is 32.1. The van der Waals surface area contributed by atoms with E-state index in [0.29, 0.717) is 0 Å². The molecule has 0 saturated heterocycles. The van der Waals surface area contributed by atoms with Gasteiger partial charge in [-0.25, -0.2) is 0 Å². The third-order valence-corrected chi connectivity index (χ3v) is 3.78. The van der Waals surface area contributed by atoms with E-state index in [1.165, 1.54) is 17.7 Å². The van der Waals surface area contributed by atoms with Gasteiger partial charge in [0.1, 0.15) is 0 Å². The van der Waals surface area contributed by atoms with E-state index in [9.17, 15) is 0 Å². The summed E-state index contributed by atoms with van der Waals surface area (Å²) in [6.07, 6.45) is 3.82. The SMILES string of the molecule is CCOC(C(N)Cc1cccs1)C1CC1. The Bertz CT molecular complexity index is 282. The van der Waals surface area contributed by atoms with E-state index >= 15 is 0 Å². The van der Waals surface area contributed by atoms with E-state index in [4.69, 9.17) is 10.5 Å². The van der Waals surface area contributed by atoms with Gasteiger partial charge >= 0.3 is 0 Å². The van der Waals surface area contributed by atoms with Crippen LogP contribution in [0.1, 0.15) is 24.6 Å². The van der Waals surface area contributed by atoms with E-state index in [-0.39, 0.29) is 12.1 Å². The Hall–Kier alpha value is -0.380. The molecular formula is C12H19NOS. The van der Waals surface area contributed by atoms with Gasteiger partial charge in [0.15, 0.2) is 0 Å². The van der Waals surface area contributed by atoms with E-state index in [1.54, 1.807) is 11.3 Å². The fraction of sp³-hybridized carbons (Fsp3) is 0.667. The van der Waals surface area contributed by atoms with Gasteiger partial charge in [-0.2, -0.15) is 0 Å². The summed E-state index contributed by atoms with van der Waals surface area (Å²) in [5.41, 5.74) is 6.22. The van der Waals surface area contributed by atoms with Crippen molar-refractivity contribution in [1.82, 2.24) is 0 Å². The first-order chi connectivity index (χ1) is 7.31. The van der Waals surface area contributed by atoms with Gasteiger partial charge in [0.25, 0.3) is 0 Å². The maximum absolute atomic E-state index is 6.22. The number of nitrogens with two attached hydrogens (primary N) is 1. The van der Waals surface area contributed by atoms with Crippen molar-refractivity contribution in [3.8, 4) is 0 Å². The fourth-order valence-corrected chi connectivity index (χ4v) is 2.78. The van der Waals surface area contributed by atoms with Crippen LogP contribution in [-0.4, -0.2) is 18.8 Å². The van der Waals surface area contributed by atoms with Crippen molar-refractivity contribution < 1.29 is 4.74 Å². The molecule has 3 heteroatoms. The third-order valence-electron chi connectivity index (χ3n) is 2.88. The lowest BCUT2D eigenvalue weighted by Crippen LogP contribution is -2.40. The fourth-order valence-electron chi connectivity index (χ4n) is 2.00. The number of hydrogen-bond acceptors (Lipinski definition) is 3. The molecule has 0 aliphatic heterocycles. The summed E-state index contributed by atoms with van der Waals surface area (Å²) in [6.45, 7) is 2.83. The molecule has 2 nitrogen and oxygen atoms in total. The summed E-state index contributed by atoms with van der Waals surface area (Å²) in [7, 11) is 0. The summed E-state index contributed by atoms with van der Waals surface area (Å²) in [5.74, 6) is 0.722. The summed E-state index contributed by atoms with van der Waals surface area (Å²) in [6, 6.07) is 4.40. The van der Waals surface area contributed by atoms with Crippen LogP contribution < -0.4 is 5.73 Å². The molecule has 1 aromatic heterocycles. The van der Waals surface area contributed by atoms with E-state index in [0.717, 1.165) is 18.9 Å². The normalized spacial score (nSPS) is 20.1. The number of ether oxygens (including phenoxy) is 1. The average molecular weight is 225 g/mol. The average Bonchev–Trinajstić information content (AvgIpc) is 2.93. The molecule has 1 aromatic rings. The molecule has 1 saturated carbocycles. The lowest BCUT2D eigenvalue weighted by atomic mass is 10.0. The van der Waals surface area contributed by atoms with Crippen molar-refractivity contribution >= 4 is 11.3 Å². The smallest absolute Gasteiger partial charge is 0.0757 e. The largest absolute Gasteiger partial charge is 0.377 e. The molecule has 0 aromatic carbocycles. The van der Waals surface area contributed by atoms with Crippen molar-refractivity contribution in [2.75, 3.05) is 6.61 Å². The summed E-state index contributed by atoms with van der Waals surface area (Å²) in [4.78, 5) is 1.37. The molecule has 1 aliphatic rings. The van der Waals surface area contributed by atoms with Crippen molar-refractivity contribution in [2.45, 2.75) is 38.3 Å². The highest BCUT2D eigenvalue weighted by Gasteiger charge is 2.35. The Labute approximate surface area is 95.4 Å².